The molecule has 3 aromatic rings. The summed E-state index contributed by atoms with van der Waals surface area (Å²) in [6.07, 6.45) is 0. The van der Waals surface area contributed by atoms with Gasteiger partial charge in [-0.25, -0.2) is 4.98 Å². The molecular formula is C27H35N3. The third-order valence-electron chi connectivity index (χ3n) is 5.22. The minimum atomic E-state index is 0.325. The normalized spacial score (nSPS) is 11.4. The lowest BCUT2D eigenvalue weighted by molar-refractivity contribution is 0.833. The molecule has 0 aliphatic carbocycles. The van der Waals surface area contributed by atoms with E-state index in [0.717, 1.165) is 22.9 Å². The zero-order chi connectivity index (χ0) is 21.8. The quantitative estimate of drug-likeness (QED) is 0.423. The average molecular weight is 402 g/mol. The second-order valence-electron chi connectivity index (χ2n) is 9.01. The number of hydrogen-bond donors (Lipinski definition) is 2. The second kappa shape index (κ2) is 9.34. The van der Waals surface area contributed by atoms with Crippen molar-refractivity contribution in [3.8, 4) is 11.3 Å². The molecule has 1 heterocycles. The highest BCUT2D eigenvalue weighted by Crippen LogP contribution is 2.38. The zero-order valence-corrected chi connectivity index (χ0v) is 19.4. The average Bonchev–Trinajstić information content (AvgIpc) is 2.69. The maximum absolute atomic E-state index is 5.13. The van der Waals surface area contributed by atoms with E-state index in [1.54, 1.807) is 0 Å². The largest absolute Gasteiger partial charge is 0.380 e. The van der Waals surface area contributed by atoms with E-state index in [-0.39, 0.29) is 0 Å². The van der Waals surface area contributed by atoms with Crippen LogP contribution >= 0.6 is 0 Å². The molecule has 2 aromatic carbocycles. The predicted octanol–water partition coefficient (Wildman–Crippen LogP) is 7.87. The van der Waals surface area contributed by atoms with E-state index < -0.39 is 0 Å². The summed E-state index contributed by atoms with van der Waals surface area (Å²) in [5.41, 5.74) is 8.38. The van der Waals surface area contributed by atoms with E-state index in [9.17, 15) is 0 Å². The van der Waals surface area contributed by atoms with E-state index in [1.165, 1.54) is 22.3 Å². The Balaban J connectivity index is 2.18. The molecule has 0 aliphatic heterocycles. The Morgan fingerprint density at radius 2 is 1.37 bits per heavy atom. The lowest BCUT2D eigenvalue weighted by Gasteiger charge is -2.22. The zero-order valence-electron chi connectivity index (χ0n) is 19.4. The van der Waals surface area contributed by atoms with Crippen LogP contribution in [0.3, 0.4) is 0 Å². The van der Waals surface area contributed by atoms with Crippen LogP contribution in [-0.2, 0) is 0 Å². The number of nitrogens with one attached hydrogen (secondary N) is 2. The lowest BCUT2D eigenvalue weighted by Crippen LogP contribution is -2.12. The third kappa shape index (κ3) is 5.02. The summed E-state index contributed by atoms with van der Waals surface area (Å²) in [6, 6.07) is 19.5. The standard InChI is InChI=1S/C27H35N3/c1-17(2)22-15-20(7)16-23(18(3)4)26(22)24-13-14-25(28-19(5)6)27(30-24)29-21-11-9-8-10-12-21/h8-19,28H,1-7H3,(H,29,30). The Labute approximate surface area is 182 Å². The number of para-hydroxylation sites is 1. The van der Waals surface area contributed by atoms with Crippen LogP contribution in [0.2, 0.25) is 0 Å². The maximum atomic E-state index is 5.13. The Kier molecular flexibility index (Phi) is 6.81. The molecule has 0 amide bonds. The van der Waals surface area contributed by atoms with Gasteiger partial charge in [-0.3, -0.25) is 0 Å². The number of aryl methyl sites for hydroxylation is 1. The number of hydrogen-bond acceptors (Lipinski definition) is 3. The summed E-state index contributed by atoms with van der Waals surface area (Å²) in [7, 11) is 0. The predicted molar refractivity (Wildman–Crippen MR) is 131 cm³/mol. The Morgan fingerprint density at radius 3 is 1.90 bits per heavy atom. The van der Waals surface area contributed by atoms with Crippen LogP contribution in [-0.4, -0.2) is 11.0 Å². The molecule has 0 saturated carbocycles. The highest BCUT2D eigenvalue weighted by Gasteiger charge is 2.19. The van der Waals surface area contributed by atoms with Crippen LogP contribution in [0, 0.1) is 6.92 Å². The van der Waals surface area contributed by atoms with Crippen LogP contribution in [0.1, 0.15) is 70.1 Å². The highest BCUT2D eigenvalue weighted by atomic mass is 15.1. The molecule has 30 heavy (non-hydrogen) atoms. The van der Waals surface area contributed by atoms with Crippen molar-refractivity contribution in [3.63, 3.8) is 0 Å². The first-order valence-electron chi connectivity index (χ1n) is 11.0. The van der Waals surface area contributed by atoms with E-state index in [2.05, 4.69) is 95.5 Å². The first kappa shape index (κ1) is 21.9. The Bertz CT molecular complexity index is 959. The van der Waals surface area contributed by atoms with Crippen LogP contribution in [0.15, 0.2) is 54.6 Å². The monoisotopic (exact) mass is 401 g/mol. The number of aromatic nitrogens is 1. The van der Waals surface area contributed by atoms with Crippen molar-refractivity contribution in [1.29, 1.82) is 0 Å². The summed E-state index contributed by atoms with van der Waals surface area (Å²) in [5.74, 6) is 1.72. The smallest absolute Gasteiger partial charge is 0.154 e. The second-order valence-corrected chi connectivity index (χ2v) is 9.01. The van der Waals surface area contributed by atoms with Crippen LogP contribution in [0.4, 0.5) is 17.2 Å². The van der Waals surface area contributed by atoms with E-state index in [1.807, 2.05) is 18.2 Å². The van der Waals surface area contributed by atoms with Gasteiger partial charge < -0.3 is 10.6 Å². The summed E-state index contributed by atoms with van der Waals surface area (Å²) >= 11 is 0. The molecule has 0 unspecified atom stereocenters. The minimum Gasteiger partial charge on any atom is -0.380 e. The molecule has 0 spiro atoms. The van der Waals surface area contributed by atoms with Gasteiger partial charge in [-0.05, 0) is 68.0 Å². The van der Waals surface area contributed by atoms with E-state index in [4.69, 9.17) is 4.98 Å². The van der Waals surface area contributed by atoms with Gasteiger partial charge in [0.2, 0.25) is 0 Å². The van der Waals surface area contributed by atoms with Crippen LogP contribution in [0.25, 0.3) is 11.3 Å². The van der Waals surface area contributed by atoms with Gasteiger partial charge >= 0.3 is 0 Å². The van der Waals surface area contributed by atoms with E-state index in [0.29, 0.717) is 17.9 Å². The molecule has 0 saturated heterocycles. The van der Waals surface area contributed by atoms with Crippen LogP contribution in [0.5, 0.6) is 0 Å². The summed E-state index contributed by atoms with van der Waals surface area (Å²) < 4.78 is 0. The SMILES string of the molecule is Cc1cc(C(C)C)c(-c2ccc(NC(C)C)c(Nc3ccccc3)n2)c(C(C)C)c1. The molecule has 0 bridgehead atoms. The number of pyridine rings is 1. The molecule has 3 rings (SSSR count). The third-order valence-corrected chi connectivity index (χ3v) is 5.22. The van der Waals surface area contributed by atoms with Gasteiger partial charge in [0.1, 0.15) is 0 Å². The molecule has 0 fully saturated rings. The molecule has 0 radical (unpaired) electrons. The van der Waals surface area contributed by atoms with Crippen molar-refractivity contribution < 1.29 is 0 Å². The first-order valence-corrected chi connectivity index (χ1v) is 11.0. The van der Waals surface area contributed by atoms with Gasteiger partial charge in [0.05, 0.1) is 11.4 Å². The van der Waals surface area contributed by atoms with Crippen molar-refractivity contribution in [3.05, 3.63) is 71.3 Å². The van der Waals surface area contributed by atoms with Gasteiger partial charge in [0, 0.05) is 17.3 Å². The van der Waals surface area contributed by atoms with Crippen molar-refractivity contribution in [2.75, 3.05) is 10.6 Å². The van der Waals surface area contributed by atoms with Gasteiger partial charge in [-0.15, -0.1) is 0 Å². The van der Waals surface area contributed by atoms with Gasteiger partial charge in [-0.2, -0.15) is 0 Å². The summed E-state index contributed by atoms with van der Waals surface area (Å²) in [4.78, 5) is 5.13. The van der Waals surface area contributed by atoms with Crippen molar-refractivity contribution >= 4 is 17.2 Å². The van der Waals surface area contributed by atoms with Crippen molar-refractivity contribution in [2.24, 2.45) is 0 Å². The number of nitrogens with zero attached hydrogens (tertiary/aromatic N) is 1. The summed E-state index contributed by atoms with van der Waals surface area (Å²) in [5, 5.41) is 7.05. The summed E-state index contributed by atoms with van der Waals surface area (Å²) in [6.45, 7) is 15.5. The molecule has 3 nitrogen and oxygen atoms in total. The molecule has 2 N–H and O–H groups in total. The number of benzene rings is 2. The van der Waals surface area contributed by atoms with E-state index >= 15 is 0 Å². The van der Waals surface area contributed by atoms with Gasteiger partial charge in [-0.1, -0.05) is 63.6 Å². The molecule has 158 valence electrons. The fourth-order valence-corrected chi connectivity index (χ4v) is 3.83. The number of anilines is 3. The van der Waals surface area contributed by atoms with Crippen molar-refractivity contribution in [1.82, 2.24) is 4.98 Å². The number of rotatable bonds is 7. The first-order chi connectivity index (χ1) is 14.3. The minimum absolute atomic E-state index is 0.325. The lowest BCUT2D eigenvalue weighted by atomic mass is 9.85. The molecule has 0 aliphatic rings. The fourth-order valence-electron chi connectivity index (χ4n) is 3.83. The highest BCUT2D eigenvalue weighted by molar-refractivity contribution is 5.78. The van der Waals surface area contributed by atoms with Gasteiger partial charge in [0.25, 0.3) is 0 Å². The van der Waals surface area contributed by atoms with Crippen LogP contribution < -0.4 is 10.6 Å². The molecular weight excluding hydrogens is 366 g/mol. The topological polar surface area (TPSA) is 37.0 Å². The molecule has 3 heteroatoms. The molecule has 0 atom stereocenters. The molecule has 1 aromatic heterocycles. The maximum Gasteiger partial charge on any atom is 0.154 e. The van der Waals surface area contributed by atoms with Gasteiger partial charge in [0.15, 0.2) is 5.82 Å². The van der Waals surface area contributed by atoms with Crippen molar-refractivity contribution in [2.45, 2.75) is 66.3 Å². The Hall–Kier alpha value is -2.81. The Morgan fingerprint density at radius 1 is 0.767 bits per heavy atom. The fraction of sp³-hybridized carbons (Fsp3) is 0.370.